The normalized spacial score (nSPS) is 11.4. The van der Waals surface area contributed by atoms with Crippen LogP contribution in [0.25, 0.3) is 0 Å². The first-order valence-corrected chi connectivity index (χ1v) is 8.76. The highest BCUT2D eigenvalue weighted by atomic mass is 79.9. The van der Waals surface area contributed by atoms with Crippen LogP contribution in [0.1, 0.15) is 24.9 Å². The molecule has 0 aliphatic rings. The van der Waals surface area contributed by atoms with Gasteiger partial charge in [-0.25, -0.2) is 4.79 Å². The summed E-state index contributed by atoms with van der Waals surface area (Å²) in [7, 11) is 0. The zero-order valence-electron chi connectivity index (χ0n) is 13.9. The molecule has 0 saturated carbocycles. The Hall–Kier alpha value is -2.34. The van der Waals surface area contributed by atoms with Crippen molar-refractivity contribution in [1.82, 2.24) is 5.32 Å². The van der Waals surface area contributed by atoms with Gasteiger partial charge in [0.25, 0.3) is 5.91 Å². The zero-order chi connectivity index (χ0) is 18.1. The van der Waals surface area contributed by atoms with Gasteiger partial charge < -0.3 is 14.8 Å². The standard InChI is InChI=1S/C19H20BrNO4/c1-2-17(14-8-10-15(20)11-9-14)21-18(22)12-25-19(23)13-24-16-6-4-3-5-7-16/h3-11,17H,2,12-13H2,1H3,(H,21,22)/t17-/m1/s1. The Labute approximate surface area is 155 Å². The Morgan fingerprint density at radius 2 is 1.72 bits per heavy atom. The number of hydrogen-bond acceptors (Lipinski definition) is 4. The lowest BCUT2D eigenvalue weighted by Gasteiger charge is -2.17. The van der Waals surface area contributed by atoms with Crippen molar-refractivity contribution in [1.29, 1.82) is 0 Å². The van der Waals surface area contributed by atoms with Gasteiger partial charge in [-0.05, 0) is 36.2 Å². The van der Waals surface area contributed by atoms with Gasteiger partial charge in [-0.3, -0.25) is 4.79 Å². The Morgan fingerprint density at radius 1 is 1.04 bits per heavy atom. The molecule has 2 rings (SSSR count). The molecule has 132 valence electrons. The maximum absolute atomic E-state index is 12.0. The van der Waals surface area contributed by atoms with Crippen LogP contribution in [-0.2, 0) is 14.3 Å². The molecule has 1 atom stereocenters. The monoisotopic (exact) mass is 405 g/mol. The van der Waals surface area contributed by atoms with Gasteiger partial charge in [0.2, 0.25) is 0 Å². The van der Waals surface area contributed by atoms with Crippen LogP contribution in [0.3, 0.4) is 0 Å². The van der Waals surface area contributed by atoms with Crippen LogP contribution in [0.5, 0.6) is 5.75 Å². The first-order chi connectivity index (χ1) is 12.1. The summed E-state index contributed by atoms with van der Waals surface area (Å²) in [5.41, 5.74) is 0.998. The van der Waals surface area contributed by atoms with Crippen LogP contribution >= 0.6 is 15.9 Å². The summed E-state index contributed by atoms with van der Waals surface area (Å²) >= 11 is 3.38. The fourth-order valence-corrected chi connectivity index (χ4v) is 2.46. The van der Waals surface area contributed by atoms with E-state index in [2.05, 4.69) is 21.2 Å². The summed E-state index contributed by atoms with van der Waals surface area (Å²) in [5, 5.41) is 2.86. The topological polar surface area (TPSA) is 64.6 Å². The lowest BCUT2D eigenvalue weighted by molar-refractivity contribution is -0.150. The number of ether oxygens (including phenoxy) is 2. The molecule has 0 fully saturated rings. The number of para-hydroxylation sites is 1. The molecule has 1 N–H and O–H groups in total. The molecule has 0 aliphatic carbocycles. The largest absolute Gasteiger partial charge is 0.482 e. The van der Waals surface area contributed by atoms with E-state index >= 15 is 0 Å². The van der Waals surface area contributed by atoms with Gasteiger partial charge in [0, 0.05) is 4.47 Å². The summed E-state index contributed by atoms with van der Waals surface area (Å²) in [6, 6.07) is 16.5. The smallest absolute Gasteiger partial charge is 0.344 e. The third-order valence-corrected chi connectivity index (χ3v) is 4.01. The molecule has 2 aromatic carbocycles. The molecule has 0 spiro atoms. The maximum atomic E-state index is 12.0. The SMILES string of the molecule is CC[C@@H](NC(=O)COC(=O)COc1ccccc1)c1ccc(Br)cc1. The van der Waals surface area contributed by atoms with Crippen LogP contribution in [0.4, 0.5) is 0 Å². The average molecular weight is 406 g/mol. The number of carbonyl (C=O) groups excluding carboxylic acids is 2. The van der Waals surface area contributed by atoms with Crippen LogP contribution in [0, 0.1) is 0 Å². The number of esters is 1. The second kappa shape index (κ2) is 9.84. The molecule has 6 heteroatoms. The van der Waals surface area contributed by atoms with Gasteiger partial charge in [-0.2, -0.15) is 0 Å². The molecule has 0 bridgehead atoms. The van der Waals surface area contributed by atoms with E-state index in [0.29, 0.717) is 5.75 Å². The molecule has 0 heterocycles. The summed E-state index contributed by atoms with van der Waals surface area (Å²) in [4.78, 5) is 23.6. The van der Waals surface area contributed by atoms with E-state index in [-0.39, 0.29) is 25.2 Å². The van der Waals surface area contributed by atoms with Gasteiger partial charge in [0.15, 0.2) is 13.2 Å². The van der Waals surface area contributed by atoms with E-state index in [1.165, 1.54) is 0 Å². The molecule has 0 radical (unpaired) electrons. The van der Waals surface area contributed by atoms with Crippen molar-refractivity contribution in [2.24, 2.45) is 0 Å². The van der Waals surface area contributed by atoms with Gasteiger partial charge in [0.1, 0.15) is 5.75 Å². The van der Waals surface area contributed by atoms with E-state index < -0.39 is 5.97 Å². The first kappa shape index (κ1) is 19.0. The van der Waals surface area contributed by atoms with E-state index in [1.54, 1.807) is 24.3 Å². The van der Waals surface area contributed by atoms with E-state index in [1.807, 2.05) is 37.3 Å². The summed E-state index contributed by atoms with van der Waals surface area (Å²) in [6.07, 6.45) is 0.735. The highest BCUT2D eigenvalue weighted by Crippen LogP contribution is 2.19. The number of benzene rings is 2. The number of carbonyl (C=O) groups is 2. The van der Waals surface area contributed by atoms with Crippen LogP contribution in [-0.4, -0.2) is 25.1 Å². The molecule has 0 unspecified atom stereocenters. The Morgan fingerprint density at radius 3 is 2.36 bits per heavy atom. The number of nitrogens with one attached hydrogen (secondary N) is 1. The molecule has 0 aliphatic heterocycles. The van der Waals surface area contributed by atoms with Crippen molar-refractivity contribution in [3.05, 3.63) is 64.6 Å². The maximum Gasteiger partial charge on any atom is 0.344 e. The van der Waals surface area contributed by atoms with Crippen molar-refractivity contribution in [3.8, 4) is 5.75 Å². The zero-order valence-corrected chi connectivity index (χ0v) is 15.5. The quantitative estimate of drug-likeness (QED) is 0.680. The van der Waals surface area contributed by atoms with Crippen molar-refractivity contribution >= 4 is 27.8 Å². The highest BCUT2D eigenvalue weighted by molar-refractivity contribution is 9.10. The molecule has 2 aromatic rings. The molecular formula is C19H20BrNO4. The fourth-order valence-electron chi connectivity index (χ4n) is 2.20. The lowest BCUT2D eigenvalue weighted by Crippen LogP contribution is -2.32. The molecular weight excluding hydrogens is 386 g/mol. The van der Waals surface area contributed by atoms with Gasteiger partial charge >= 0.3 is 5.97 Å². The number of hydrogen-bond donors (Lipinski definition) is 1. The molecule has 1 amide bonds. The third kappa shape index (κ3) is 6.58. The van der Waals surface area contributed by atoms with Crippen molar-refractivity contribution in [2.75, 3.05) is 13.2 Å². The Kier molecular flexibility index (Phi) is 7.47. The minimum absolute atomic E-state index is 0.125. The minimum Gasteiger partial charge on any atom is -0.482 e. The van der Waals surface area contributed by atoms with Crippen molar-refractivity contribution in [3.63, 3.8) is 0 Å². The molecule has 0 saturated heterocycles. The second-order valence-electron chi connectivity index (χ2n) is 5.34. The molecule has 5 nitrogen and oxygen atoms in total. The second-order valence-corrected chi connectivity index (χ2v) is 6.26. The van der Waals surface area contributed by atoms with Gasteiger partial charge in [-0.15, -0.1) is 0 Å². The van der Waals surface area contributed by atoms with E-state index in [0.717, 1.165) is 16.5 Å². The number of rotatable bonds is 8. The molecule has 0 aromatic heterocycles. The van der Waals surface area contributed by atoms with Crippen LogP contribution < -0.4 is 10.1 Å². The van der Waals surface area contributed by atoms with E-state index in [4.69, 9.17) is 9.47 Å². The van der Waals surface area contributed by atoms with Gasteiger partial charge in [0.05, 0.1) is 6.04 Å². The summed E-state index contributed by atoms with van der Waals surface area (Å²) in [5.74, 6) is -0.358. The highest BCUT2D eigenvalue weighted by Gasteiger charge is 2.14. The Balaban J connectivity index is 1.75. The lowest BCUT2D eigenvalue weighted by atomic mass is 10.0. The number of amides is 1. The Bertz CT molecular complexity index is 688. The fraction of sp³-hybridized carbons (Fsp3) is 0.263. The predicted molar refractivity (Wildman–Crippen MR) is 98.2 cm³/mol. The first-order valence-electron chi connectivity index (χ1n) is 7.96. The van der Waals surface area contributed by atoms with Gasteiger partial charge in [-0.1, -0.05) is 53.2 Å². The third-order valence-electron chi connectivity index (χ3n) is 3.48. The van der Waals surface area contributed by atoms with Crippen molar-refractivity contribution in [2.45, 2.75) is 19.4 Å². The van der Waals surface area contributed by atoms with Crippen molar-refractivity contribution < 1.29 is 19.1 Å². The van der Waals surface area contributed by atoms with E-state index in [9.17, 15) is 9.59 Å². The van der Waals surface area contributed by atoms with Crippen LogP contribution in [0.15, 0.2) is 59.1 Å². The minimum atomic E-state index is -0.587. The number of halogens is 1. The molecule has 25 heavy (non-hydrogen) atoms. The average Bonchev–Trinajstić information content (AvgIpc) is 2.64. The summed E-state index contributed by atoms with van der Waals surface area (Å²) in [6.45, 7) is 1.41. The predicted octanol–water partition coefficient (Wildman–Crippen LogP) is 3.64. The van der Waals surface area contributed by atoms with Crippen LogP contribution in [0.2, 0.25) is 0 Å². The summed E-state index contributed by atoms with van der Waals surface area (Å²) < 4.78 is 11.2.